The van der Waals surface area contributed by atoms with Crippen molar-refractivity contribution in [2.24, 2.45) is 0 Å². The molecule has 1 rings (SSSR count). The van der Waals surface area contributed by atoms with Crippen molar-refractivity contribution in [2.45, 2.75) is 26.2 Å². The molecule has 0 aromatic heterocycles. The normalized spacial score (nSPS) is 11.5. The van der Waals surface area contributed by atoms with Gasteiger partial charge in [0.2, 0.25) is 0 Å². The first kappa shape index (κ1) is 11.8. The summed E-state index contributed by atoms with van der Waals surface area (Å²) in [4.78, 5) is 0. The first-order chi connectivity index (χ1) is 6.32. The summed E-state index contributed by atoms with van der Waals surface area (Å²) in [5.74, 6) is 0. The SMILES string of the molecule is C=C(Cl)c1ccc(C(C)(C)C)cc1P. The molecule has 1 atom stereocenters. The van der Waals surface area contributed by atoms with E-state index in [1.165, 1.54) is 5.56 Å². The van der Waals surface area contributed by atoms with Crippen molar-refractivity contribution in [3.8, 4) is 0 Å². The highest BCUT2D eigenvalue weighted by Gasteiger charge is 2.14. The lowest BCUT2D eigenvalue weighted by Crippen LogP contribution is -2.14. The Bertz CT molecular complexity index is 361. The van der Waals surface area contributed by atoms with Gasteiger partial charge in [0, 0.05) is 5.03 Å². The predicted octanol–water partition coefficient (Wildman–Crippen LogP) is 3.69. The third-order valence-electron chi connectivity index (χ3n) is 2.21. The Balaban J connectivity index is 3.20. The van der Waals surface area contributed by atoms with Crippen molar-refractivity contribution in [2.75, 3.05) is 0 Å². The summed E-state index contributed by atoms with van der Waals surface area (Å²) in [5.41, 5.74) is 2.49. The monoisotopic (exact) mass is 226 g/mol. The van der Waals surface area contributed by atoms with E-state index >= 15 is 0 Å². The highest BCUT2D eigenvalue weighted by molar-refractivity contribution is 7.27. The Labute approximate surface area is 93.6 Å². The van der Waals surface area contributed by atoms with Crippen molar-refractivity contribution in [3.05, 3.63) is 35.9 Å². The van der Waals surface area contributed by atoms with Crippen molar-refractivity contribution >= 4 is 31.2 Å². The van der Waals surface area contributed by atoms with E-state index in [-0.39, 0.29) is 5.41 Å². The minimum atomic E-state index is 0.178. The van der Waals surface area contributed by atoms with Gasteiger partial charge in [0.15, 0.2) is 0 Å². The maximum atomic E-state index is 5.87. The van der Waals surface area contributed by atoms with Crippen LogP contribution in [-0.2, 0) is 5.41 Å². The smallest absolute Gasteiger partial charge is 0.0412 e. The van der Waals surface area contributed by atoms with Gasteiger partial charge >= 0.3 is 0 Å². The van der Waals surface area contributed by atoms with Crippen molar-refractivity contribution in [3.63, 3.8) is 0 Å². The number of hydrogen-bond donors (Lipinski definition) is 0. The standard InChI is InChI=1S/C12H16ClP/c1-8(13)10-6-5-9(7-11(10)14)12(2,3)4/h5-7H,1,14H2,2-4H3. The molecule has 2 heteroatoms. The maximum absolute atomic E-state index is 5.87. The van der Waals surface area contributed by atoms with Crippen LogP contribution in [-0.4, -0.2) is 0 Å². The van der Waals surface area contributed by atoms with Crippen LogP contribution in [0, 0.1) is 0 Å². The van der Waals surface area contributed by atoms with Gasteiger partial charge in [-0.2, -0.15) is 0 Å². The second-order valence-corrected chi connectivity index (χ2v) is 5.54. The fourth-order valence-electron chi connectivity index (χ4n) is 1.28. The minimum Gasteiger partial charge on any atom is -0.105 e. The minimum absolute atomic E-state index is 0.178. The second-order valence-electron chi connectivity index (χ2n) is 4.46. The van der Waals surface area contributed by atoms with Gasteiger partial charge in [0.05, 0.1) is 0 Å². The molecule has 0 aliphatic carbocycles. The summed E-state index contributed by atoms with van der Waals surface area (Å²) < 4.78 is 0. The first-order valence-corrected chi connectivity index (χ1v) is 5.52. The lowest BCUT2D eigenvalue weighted by atomic mass is 9.86. The van der Waals surface area contributed by atoms with E-state index < -0.39 is 0 Å². The van der Waals surface area contributed by atoms with Crippen LogP contribution in [0.25, 0.3) is 5.03 Å². The molecule has 0 fully saturated rings. The predicted molar refractivity (Wildman–Crippen MR) is 69.4 cm³/mol. The van der Waals surface area contributed by atoms with Crippen LogP contribution in [0.5, 0.6) is 0 Å². The molecular weight excluding hydrogens is 211 g/mol. The highest BCUT2D eigenvalue weighted by Crippen LogP contribution is 2.24. The van der Waals surface area contributed by atoms with Crippen molar-refractivity contribution < 1.29 is 0 Å². The number of halogens is 1. The Kier molecular flexibility index (Phi) is 3.40. The zero-order valence-electron chi connectivity index (χ0n) is 8.89. The summed E-state index contributed by atoms with van der Waals surface area (Å²) >= 11 is 5.87. The third-order valence-corrected chi connectivity index (χ3v) is 2.89. The van der Waals surface area contributed by atoms with E-state index in [1.807, 2.05) is 6.07 Å². The molecule has 0 aliphatic rings. The molecule has 76 valence electrons. The van der Waals surface area contributed by atoms with Gasteiger partial charge in [-0.15, -0.1) is 9.24 Å². The molecule has 0 aliphatic heterocycles. The van der Waals surface area contributed by atoms with E-state index in [1.54, 1.807) is 0 Å². The average molecular weight is 227 g/mol. The Morgan fingerprint density at radius 2 is 1.93 bits per heavy atom. The fourth-order valence-corrected chi connectivity index (χ4v) is 1.99. The molecular formula is C12H16ClP. The molecule has 0 nitrogen and oxygen atoms in total. The van der Waals surface area contributed by atoms with Gasteiger partial charge in [-0.25, -0.2) is 0 Å². The molecule has 0 amide bonds. The molecule has 0 saturated carbocycles. The molecule has 0 spiro atoms. The summed E-state index contributed by atoms with van der Waals surface area (Å²) in [7, 11) is 2.70. The molecule has 1 aromatic rings. The van der Waals surface area contributed by atoms with Gasteiger partial charge in [-0.3, -0.25) is 0 Å². The summed E-state index contributed by atoms with van der Waals surface area (Å²) in [6.45, 7) is 10.3. The van der Waals surface area contributed by atoms with Crippen molar-refractivity contribution in [1.82, 2.24) is 0 Å². The van der Waals surface area contributed by atoms with E-state index in [4.69, 9.17) is 11.6 Å². The molecule has 1 aromatic carbocycles. The van der Waals surface area contributed by atoms with E-state index in [0.29, 0.717) is 5.03 Å². The lowest BCUT2D eigenvalue weighted by molar-refractivity contribution is 0.591. The Hall–Kier alpha value is -0.320. The quantitative estimate of drug-likeness (QED) is 0.641. The third kappa shape index (κ3) is 2.59. The molecule has 0 saturated heterocycles. The van der Waals surface area contributed by atoms with E-state index in [9.17, 15) is 0 Å². The number of hydrogen-bond acceptors (Lipinski definition) is 0. The second kappa shape index (κ2) is 4.04. The molecule has 0 radical (unpaired) electrons. The zero-order valence-corrected chi connectivity index (χ0v) is 10.8. The van der Waals surface area contributed by atoms with Crippen LogP contribution in [0.4, 0.5) is 0 Å². The number of rotatable bonds is 1. The fraction of sp³-hybridized carbons (Fsp3) is 0.333. The van der Waals surface area contributed by atoms with Gasteiger partial charge in [0.25, 0.3) is 0 Å². The summed E-state index contributed by atoms with van der Waals surface area (Å²) in [6, 6.07) is 6.28. The molecule has 0 bridgehead atoms. The number of benzene rings is 1. The maximum Gasteiger partial charge on any atom is 0.0412 e. The van der Waals surface area contributed by atoms with Gasteiger partial charge in [-0.05, 0) is 21.8 Å². The molecule has 0 heterocycles. The molecule has 0 N–H and O–H groups in total. The van der Waals surface area contributed by atoms with Gasteiger partial charge < -0.3 is 0 Å². The van der Waals surface area contributed by atoms with E-state index in [2.05, 4.69) is 48.7 Å². The van der Waals surface area contributed by atoms with E-state index in [0.717, 1.165) is 10.9 Å². The van der Waals surface area contributed by atoms with Gasteiger partial charge in [0.1, 0.15) is 0 Å². The molecule has 14 heavy (non-hydrogen) atoms. The average Bonchev–Trinajstić information content (AvgIpc) is 2.01. The molecule has 1 unspecified atom stereocenters. The van der Waals surface area contributed by atoms with Crippen LogP contribution in [0.2, 0.25) is 0 Å². The first-order valence-electron chi connectivity index (χ1n) is 4.57. The van der Waals surface area contributed by atoms with Crippen LogP contribution < -0.4 is 5.30 Å². The van der Waals surface area contributed by atoms with Crippen molar-refractivity contribution in [1.29, 1.82) is 0 Å². The van der Waals surface area contributed by atoms with Crippen LogP contribution in [0.1, 0.15) is 31.9 Å². The topological polar surface area (TPSA) is 0 Å². The lowest BCUT2D eigenvalue weighted by Gasteiger charge is -2.20. The van der Waals surface area contributed by atoms with Crippen LogP contribution in [0.15, 0.2) is 24.8 Å². The van der Waals surface area contributed by atoms with Crippen LogP contribution in [0.3, 0.4) is 0 Å². The van der Waals surface area contributed by atoms with Gasteiger partial charge in [-0.1, -0.05) is 57.2 Å². The summed E-state index contributed by atoms with van der Waals surface area (Å²) in [6.07, 6.45) is 0. The van der Waals surface area contributed by atoms with Crippen LogP contribution >= 0.6 is 20.8 Å². The summed E-state index contributed by atoms with van der Waals surface area (Å²) in [5, 5.41) is 1.70. The largest absolute Gasteiger partial charge is 0.105 e. The Morgan fingerprint density at radius 1 is 1.36 bits per heavy atom. The Morgan fingerprint density at radius 3 is 2.29 bits per heavy atom. The highest BCUT2D eigenvalue weighted by atomic mass is 35.5. The zero-order chi connectivity index (χ0) is 10.9.